The van der Waals surface area contributed by atoms with Crippen LogP contribution >= 0.6 is 22.9 Å². The zero-order valence-electron chi connectivity index (χ0n) is 13.7. The van der Waals surface area contributed by atoms with Crippen LogP contribution in [0.4, 0.5) is 0 Å². The average Bonchev–Trinajstić information content (AvgIpc) is 2.97. The Morgan fingerprint density at radius 2 is 1.76 bits per heavy atom. The van der Waals surface area contributed by atoms with Gasteiger partial charge in [0.1, 0.15) is 9.75 Å². The van der Waals surface area contributed by atoms with Gasteiger partial charge in [-0.15, -0.1) is 11.3 Å². The number of ketones is 1. The molecule has 2 aromatic carbocycles. The van der Waals surface area contributed by atoms with Crippen molar-refractivity contribution in [3.8, 4) is 0 Å². The molecule has 0 amide bonds. The highest BCUT2D eigenvalue weighted by Gasteiger charge is 2.42. The second kappa shape index (κ2) is 6.52. The van der Waals surface area contributed by atoms with Crippen LogP contribution in [0.3, 0.4) is 0 Å². The number of carbonyl (C=O) groups excluding carboxylic acids is 1. The quantitative estimate of drug-likeness (QED) is 0.647. The molecular weight excluding hydrogens is 378 g/mol. The van der Waals surface area contributed by atoms with Gasteiger partial charge in [-0.2, -0.15) is 0 Å². The monoisotopic (exact) mass is 393 g/mol. The summed E-state index contributed by atoms with van der Waals surface area (Å²) in [6.07, 6.45) is -0.0147. The molecule has 1 aromatic heterocycles. The van der Waals surface area contributed by atoms with Gasteiger partial charge in [0.25, 0.3) is 0 Å². The summed E-state index contributed by atoms with van der Waals surface area (Å²) in [4.78, 5) is 17.3. The number of carbonyl (C=O) groups is 1. The van der Waals surface area contributed by atoms with Gasteiger partial charge in [0, 0.05) is 5.02 Å². The van der Waals surface area contributed by atoms with Gasteiger partial charge < -0.3 is 0 Å². The molecule has 0 aliphatic carbocycles. The molecule has 0 fully saturated rings. The van der Waals surface area contributed by atoms with Gasteiger partial charge in [0.15, 0.2) is 15.6 Å². The van der Waals surface area contributed by atoms with Crippen molar-refractivity contribution in [3.05, 3.63) is 58.6 Å². The predicted octanol–water partition coefficient (Wildman–Crippen LogP) is 4.31. The number of sulfone groups is 1. The SMILES string of the molecule is CC(C)(C(=O)Cc1nc2ccccc2s1)S(=O)(=O)c1ccc(Cl)cc1. The number of hydrogen-bond donors (Lipinski definition) is 0. The van der Waals surface area contributed by atoms with Crippen molar-refractivity contribution < 1.29 is 13.2 Å². The molecule has 0 saturated heterocycles. The molecule has 0 aliphatic heterocycles. The molecule has 0 aliphatic rings. The van der Waals surface area contributed by atoms with Crippen LogP contribution < -0.4 is 0 Å². The Hall–Kier alpha value is -1.76. The summed E-state index contributed by atoms with van der Waals surface area (Å²) >= 11 is 7.22. The molecule has 7 heteroatoms. The van der Waals surface area contributed by atoms with Gasteiger partial charge >= 0.3 is 0 Å². The van der Waals surface area contributed by atoms with Gasteiger partial charge in [0.05, 0.1) is 21.5 Å². The maximum absolute atomic E-state index is 12.9. The van der Waals surface area contributed by atoms with E-state index in [0.29, 0.717) is 10.0 Å². The smallest absolute Gasteiger partial charge is 0.190 e. The minimum Gasteiger partial charge on any atom is -0.297 e. The molecule has 0 atom stereocenters. The van der Waals surface area contributed by atoms with E-state index in [2.05, 4.69) is 4.98 Å². The maximum Gasteiger partial charge on any atom is 0.190 e. The minimum absolute atomic E-state index is 0.0147. The van der Waals surface area contributed by atoms with E-state index in [1.807, 2.05) is 24.3 Å². The Morgan fingerprint density at radius 1 is 1.12 bits per heavy atom. The molecule has 4 nitrogen and oxygen atoms in total. The van der Waals surface area contributed by atoms with Crippen molar-refractivity contribution in [3.63, 3.8) is 0 Å². The first-order chi connectivity index (χ1) is 11.7. The van der Waals surface area contributed by atoms with Gasteiger partial charge in [0.2, 0.25) is 0 Å². The fourth-order valence-electron chi connectivity index (χ4n) is 2.40. The van der Waals surface area contributed by atoms with Crippen molar-refractivity contribution in [2.45, 2.75) is 29.9 Å². The van der Waals surface area contributed by atoms with Crippen LogP contribution in [-0.4, -0.2) is 23.9 Å². The molecule has 25 heavy (non-hydrogen) atoms. The third-order valence-electron chi connectivity index (χ3n) is 4.12. The van der Waals surface area contributed by atoms with Crippen molar-refractivity contribution in [1.82, 2.24) is 4.98 Å². The van der Waals surface area contributed by atoms with Crippen LogP contribution in [-0.2, 0) is 21.1 Å². The Balaban J connectivity index is 1.90. The molecule has 130 valence electrons. The van der Waals surface area contributed by atoms with Crippen LogP contribution in [0.1, 0.15) is 18.9 Å². The minimum atomic E-state index is -3.84. The lowest BCUT2D eigenvalue weighted by Crippen LogP contribution is -2.41. The highest BCUT2D eigenvalue weighted by atomic mass is 35.5. The van der Waals surface area contributed by atoms with E-state index in [4.69, 9.17) is 11.6 Å². The second-order valence-electron chi connectivity index (χ2n) is 6.14. The fraction of sp³-hybridized carbons (Fsp3) is 0.222. The maximum atomic E-state index is 12.9. The Labute approximate surface area is 155 Å². The number of nitrogens with zero attached hydrogens (tertiary/aromatic N) is 1. The molecule has 0 bridgehead atoms. The topological polar surface area (TPSA) is 64.1 Å². The third-order valence-corrected chi connectivity index (χ3v) is 7.87. The van der Waals surface area contributed by atoms with Gasteiger partial charge in [-0.25, -0.2) is 13.4 Å². The summed E-state index contributed by atoms with van der Waals surface area (Å²) in [6, 6.07) is 13.4. The summed E-state index contributed by atoms with van der Waals surface area (Å²) in [5.41, 5.74) is 0.814. The molecular formula is C18H16ClNO3S2. The van der Waals surface area contributed by atoms with Crippen LogP contribution in [0.5, 0.6) is 0 Å². The summed E-state index contributed by atoms with van der Waals surface area (Å²) in [6.45, 7) is 2.87. The fourth-order valence-corrected chi connectivity index (χ4v) is 4.95. The van der Waals surface area contributed by atoms with E-state index in [1.54, 1.807) is 0 Å². The van der Waals surface area contributed by atoms with Crippen LogP contribution in [0.15, 0.2) is 53.4 Å². The molecule has 0 radical (unpaired) electrons. The molecule has 3 rings (SSSR count). The van der Waals surface area contributed by atoms with Crippen molar-refractivity contribution in [2.24, 2.45) is 0 Å². The van der Waals surface area contributed by atoms with Gasteiger partial charge in [-0.05, 0) is 50.2 Å². The number of hydrogen-bond acceptors (Lipinski definition) is 5. The number of para-hydroxylation sites is 1. The number of halogens is 1. The molecule has 1 heterocycles. The van der Waals surface area contributed by atoms with E-state index in [0.717, 1.165) is 10.2 Å². The largest absolute Gasteiger partial charge is 0.297 e. The molecule has 0 unspecified atom stereocenters. The zero-order valence-corrected chi connectivity index (χ0v) is 16.1. The van der Waals surface area contributed by atoms with Gasteiger partial charge in [-0.1, -0.05) is 23.7 Å². The van der Waals surface area contributed by atoms with E-state index in [-0.39, 0.29) is 17.1 Å². The van der Waals surface area contributed by atoms with E-state index >= 15 is 0 Å². The zero-order chi connectivity index (χ0) is 18.2. The standard InChI is InChI=1S/C18H16ClNO3S2/c1-18(2,25(22,23)13-9-7-12(19)8-10-13)16(21)11-17-20-14-5-3-4-6-15(14)24-17/h3-10H,11H2,1-2H3. The molecule has 3 aromatic rings. The number of benzene rings is 2. The van der Waals surface area contributed by atoms with E-state index < -0.39 is 14.6 Å². The van der Waals surface area contributed by atoms with Crippen molar-refractivity contribution >= 4 is 48.8 Å². The number of thiazole rings is 1. The summed E-state index contributed by atoms with van der Waals surface area (Å²) in [5, 5.41) is 1.06. The molecule has 0 saturated carbocycles. The predicted molar refractivity (Wildman–Crippen MR) is 101 cm³/mol. The first-order valence-corrected chi connectivity index (χ1v) is 10.3. The lowest BCUT2D eigenvalue weighted by Gasteiger charge is -2.23. The lowest BCUT2D eigenvalue weighted by molar-refractivity contribution is -0.120. The Kier molecular flexibility index (Phi) is 4.70. The number of fused-ring (bicyclic) bond motifs is 1. The normalized spacial score (nSPS) is 12.4. The van der Waals surface area contributed by atoms with Crippen LogP contribution in [0, 0.1) is 0 Å². The highest BCUT2D eigenvalue weighted by molar-refractivity contribution is 7.93. The Morgan fingerprint density at radius 3 is 2.40 bits per heavy atom. The Bertz CT molecular complexity index is 1000. The highest BCUT2D eigenvalue weighted by Crippen LogP contribution is 2.30. The van der Waals surface area contributed by atoms with Crippen molar-refractivity contribution in [1.29, 1.82) is 0 Å². The van der Waals surface area contributed by atoms with Gasteiger partial charge in [-0.3, -0.25) is 4.79 Å². The van der Waals surface area contributed by atoms with Crippen LogP contribution in [0.25, 0.3) is 10.2 Å². The van der Waals surface area contributed by atoms with E-state index in [1.165, 1.54) is 49.4 Å². The summed E-state index contributed by atoms with van der Waals surface area (Å²) in [7, 11) is -3.84. The number of rotatable bonds is 5. The van der Waals surface area contributed by atoms with Crippen molar-refractivity contribution in [2.75, 3.05) is 0 Å². The first-order valence-electron chi connectivity index (χ1n) is 7.60. The molecule has 0 spiro atoms. The summed E-state index contributed by atoms with van der Waals surface area (Å²) < 4.78 is 25.2. The molecule has 0 N–H and O–H groups in total. The first kappa shape index (κ1) is 18.0. The third kappa shape index (κ3) is 3.34. The second-order valence-corrected chi connectivity index (χ2v) is 10.2. The number of aromatic nitrogens is 1. The average molecular weight is 394 g/mol. The van der Waals surface area contributed by atoms with E-state index in [9.17, 15) is 13.2 Å². The lowest BCUT2D eigenvalue weighted by atomic mass is 10.1. The summed E-state index contributed by atoms with van der Waals surface area (Å²) in [5.74, 6) is -0.387. The number of Topliss-reactive ketones (excluding diaryl/α,β-unsaturated/α-hetero) is 1. The van der Waals surface area contributed by atoms with Crippen LogP contribution in [0.2, 0.25) is 5.02 Å².